The molecular weight excluding hydrogens is 206 g/mol. The van der Waals surface area contributed by atoms with Crippen molar-refractivity contribution in [2.45, 2.75) is 71.1 Å². The smallest absolute Gasteiger partial charge is 0.0689 e. The highest BCUT2D eigenvalue weighted by molar-refractivity contribution is 5.12. The van der Waals surface area contributed by atoms with E-state index in [1.807, 2.05) is 0 Å². The monoisotopic (exact) mass is 231 g/mol. The molecule has 0 bridgehead atoms. The van der Waals surface area contributed by atoms with Gasteiger partial charge >= 0.3 is 0 Å². The van der Waals surface area contributed by atoms with Gasteiger partial charge in [0.2, 0.25) is 0 Å². The first-order chi connectivity index (χ1) is 8.10. The molecule has 0 aliphatic heterocycles. The summed E-state index contributed by atoms with van der Waals surface area (Å²) in [5.74, 6) is 0. The van der Waals surface area contributed by atoms with Gasteiger partial charge in [0.25, 0.3) is 0 Å². The van der Waals surface area contributed by atoms with E-state index >= 15 is 0 Å². The van der Waals surface area contributed by atoms with Crippen molar-refractivity contribution >= 4 is 0 Å². The average molecular weight is 231 g/mol. The van der Waals surface area contributed by atoms with E-state index in [1.165, 1.54) is 50.5 Å². The lowest BCUT2D eigenvalue weighted by Gasteiger charge is -2.38. The highest BCUT2D eigenvalue weighted by Crippen LogP contribution is 2.48. The Morgan fingerprint density at radius 3 is 2.35 bits per heavy atom. The molecule has 2 aliphatic rings. The van der Waals surface area contributed by atoms with E-state index in [2.05, 4.69) is 19.6 Å². The van der Waals surface area contributed by atoms with Crippen LogP contribution in [0.4, 0.5) is 0 Å². The van der Waals surface area contributed by atoms with Crippen LogP contribution in [0.1, 0.15) is 71.1 Å². The number of rotatable bonds is 3. The highest BCUT2D eigenvalue weighted by Gasteiger charge is 2.38. The zero-order valence-corrected chi connectivity index (χ0v) is 11.2. The minimum Gasteiger partial charge on any atom is -0.198 e. The van der Waals surface area contributed by atoms with E-state index in [0.717, 1.165) is 19.3 Å². The first kappa shape index (κ1) is 12.7. The molecule has 1 atom stereocenters. The Kier molecular flexibility index (Phi) is 3.61. The Balaban J connectivity index is 1.97. The summed E-state index contributed by atoms with van der Waals surface area (Å²) in [5.41, 5.74) is 1.78. The minimum atomic E-state index is 0.0146. The van der Waals surface area contributed by atoms with Crippen molar-refractivity contribution in [3.63, 3.8) is 0 Å². The van der Waals surface area contributed by atoms with Crippen molar-refractivity contribution < 1.29 is 0 Å². The van der Waals surface area contributed by atoms with Gasteiger partial charge in [0, 0.05) is 0 Å². The summed E-state index contributed by atoms with van der Waals surface area (Å²) in [7, 11) is 0. The van der Waals surface area contributed by atoms with Crippen LogP contribution in [-0.2, 0) is 0 Å². The fraction of sp³-hybridized carbons (Fsp3) is 0.812. The second kappa shape index (κ2) is 4.84. The predicted octanol–water partition coefficient (Wildman–Crippen LogP) is 4.99. The molecule has 0 amide bonds. The summed E-state index contributed by atoms with van der Waals surface area (Å²) in [6.45, 7) is 6.65. The molecule has 2 aliphatic carbocycles. The van der Waals surface area contributed by atoms with Gasteiger partial charge in [-0.1, -0.05) is 38.3 Å². The SMILES string of the molecule is C=C1CCCCC1(C)CCC1(C#N)CCCC1. The van der Waals surface area contributed by atoms with Crippen LogP contribution in [0.3, 0.4) is 0 Å². The van der Waals surface area contributed by atoms with Gasteiger partial charge in [0.05, 0.1) is 11.5 Å². The van der Waals surface area contributed by atoms with E-state index in [9.17, 15) is 5.26 Å². The van der Waals surface area contributed by atoms with Gasteiger partial charge in [-0.3, -0.25) is 0 Å². The molecular formula is C16H25N. The Morgan fingerprint density at radius 1 is 1.12 bits per heavy atom. The normalized spacial score (nSPS) is 32.4. The molecule has 2 saturated carbocycles. The fourth-order valence-electron chi connectivity index (χ4n) is 3.62. The summed E-state index contributed by atoms with van der Waals surface area (Å²) in [6, 6.07) is 2.62. The zero-order chi connectivity index (χ0) is 12.4. The second-order valence-electron chi connectivity index (χ2n) is 6.47. The van der Waals surface area contributed by atoms with Crippen LogP contribution in [0.25, 0.3) is 0 Å². The molecule has 94 valence electrons. The molecule has 0 spiro atoms. The largest absolute Gasteiger partial charge is 0.198 e. The van der Waals surface area contributed by atoms with Crippen molar-refractivity contribution in [1.82, 2.24) is 0 Å². The van der Waals surface area contributed by atoms with Crippen LogP contribution >= 0.6 is 0 Å². The summed E-state index contributed by atoms with van der Waals surface area (Å²) in [6.07, 6.45) is 12.2. The van der Waals surface area contributed by atoms with Crippen LogP contribution in [0.5, 0.6) is 0 Å². The highest BCUT2D eigenvalue weighted by atomic mass is 14.4. The van der Waals surface area contributed by atoms with Crippen LogP contribution in [0, 0.1) is 22.2 Å². The van der Waals surface area contributed by atoms with E-state index < -0.39 is 0 Å². The van der Waals surface area contributed by atoms with E-state index in [0.29, 0.717) is 5.41 Å². The number of nitriles is 1. The molecule has 17 heavy (non-hydrogen) atoms. The predicted molar refractivity (Wildman–Crippen MR) is 71.5 cm³/mol. The number of hydrogen-bond donors (Lipinski definition) is 0. The maximum Gasteiger partial charge on any atom is 0.0689 e. The third-order valence-corrected chi connectivity index (χ3v) is 5.26. The van der Waals surface area contributed by atoms with Crippen molar-refractivity contribution in [2.24, 2.45) is 10.8 Å². The van der Waals surface area contributed by atoms with E-state index in [1.54, 1.807) is 0 Å². The van der Waals surface area contributed by atoms with Gasteiger partial charge in [-0.25, -0.2) is 0 Å². The minimum absolute atomic E-state index is 0.0146. The van der Waals surface area contributed by atoms with Crippen molar-refractivity contribution in [3.8, 4) is 6.07 Å². The molecule has 2 rings (SSSR count). The van der Waals surface area contributed by atoms with Crippen LogP contribution in [0.2, 0.25) is 0 Å². The first-order valence-corrected chi connectivity index (χ1v) is 7.20. The number of hydrogen-bond acceptors (Lipinski definition) is 1. The van der Waals surface area contributed by atoms with Gasteiger partial charge in [-0.2, -0.15) is 5.26 Å². The topological polar surface area (TPSA) is 23.8 Å². The summed E-state index contributed by atoms with van der Waals surface area (Å²) >= 11 is 0. The van der Waals surface area contributed by atoms with Gasteiger partial charge in [-0.15, -0.1) is 0 Å². The Labute approximate surface area is 106 Å². The quantitative estimate of drug-likeness (QED) is 0.628. The van der Waals surface area contributed by atoms with Crippen molar-refractivity contribution in [1.29, 1.82) is 5.26 Å². The van der Waals surface area contributed by atoms with E-state index in [4.69, 9.17) is 0 Å². The van der Waals surface area contributed by atoms with Crippen LogP contribution in [-0.4, -0.2) is 0 Å². The Morgan fingerprint density at radius 2 is 1.76 bits per heavy atom. The molecule has 0 N–H and O–H groups in total. The molecule has 2 fully saturated rings. The third-order valence-electron chi connectivity index (χ3n) is 5.26. The maximum atomic E-state index is 9.42. The van der Waals surface area contributed by atoms with Gasteiger partial charge in [0.15, 0.2) is 0 Å². The zero-order valence-electron chi connectivity index (χ0n) is 11.2. The summed E-state index contributed by atoms with van der Waals surface area (Å²) < 4.78 is 0. The lowest BCUT2D eigenvalue weighted by molar-refractivity contribution is 0.232. The standard InChI is InChI=1S/C16H25N/c1-14-7-3-4-8-15(14,2)11-12-16(13-17)9-5-6-10-16/h1,3-12H2,2H3. The van der Waals surface area contributed by atoms with Crippen LogP contribution < -0.4 is 0 Å². The lowest BCUT2D eigenvalue weighted by atomic mass is 9.67. The average Bonchev–Trinajstić information content (AvgIpc) is 2.81. The lowest BCUT2D eigenvalue weighted by Crippen LogP contribution is -2.26. The molecule has 1 unspecified atom stereocenters. The Hall–Kier alpha value is -0.770. The van der Waals surface area contributed by atoms with Gasteiger partial charge in [0.1, 0.15) is 0 Å². The molecule has 1 nitrogen and oxygen atoms in total. The molecule has 0 saturated heterocycles. The van der Waals surface area contributed by atoms with Crippen LogP contribution in [0.15, 0.2) is 12.2 Å². The van der Waals surface area contributed by atoms with Crippen molar-refractivity contribution in [2.75, 3.05) is 0 Å². The molecule has 1 heteroatoms. The van der Waals surface area contributed by atoms with Gasteiger partial charge < -0.3 is 0 Å². The summed E-state index contributed by atoms with van der Waals surface area (Å²) in [4.78, 5) is 0. The molecule has 0 radical (unpaired) electrons. The second-order valence-corrected chi connectivity index (χ2v) is 6.47. The maximum absolute atomic E-state index is 9.42. The third kappa shape index (κ3) is 2.57. The van der Waals surface area contributed by atoms with Gasteiger partial charge in [-0.05, 0) is 50.4 Å². The van der Waals surface area contributed by atoms with Crippen molar-refractivity contribution in [3.05, 3.63) is 12.2 Å². The Bertz CT molecular complexity index is 330. The summed E-state index contributed by atoms with van der Waals surface area (Å²) in [5, 5.41) is 9.42. The molecule has 0 aromatic carbocycles. The molecule has 0 aromatic heterocycles. The number of allylic oxidation sites excluding steroid dienone is 1. The van der Waals surface area contributed by atoms with E-state index in [-0.39, 0.29) is 5.41 Å². The number of nitrogens with zero attached hydrogens (tertiary/aromatic N) is 1. The molecule has 0 aromatic rings. The fourth-order valence-corrected chi connectivity index (χ4v) is 3.62. The molecule has 0 heterocycles. The first-order valence-electron chi connectivity index (χ1n) is 7.20.